The Kier molecular flexibility index (Phi) is 20.0. The van der Waals surface area contributed by atoms with Crippen LogP contribution in [-0.2, 0) is 9.53 Å². The van der Waals surface area contributed by atoms with Crippen LogP contribution in [0.25, 0.3) is 0 Å². The lowest BCUT2D eigenvalue weighted by atomic mass is 10.1. The molecule has 0 heterocycles. The Balaban J connectivity index is 3.02. The minimum Gasteiger partial charge on any atom is -0.463 e. The number of halogens is 2. The van der Waals surface area contributed by atoms with E-state index >= 15 is 0 Å². The maximum absolute atomic E-state index is 10.8. The van der Waals surface area contributed by atoms with Crippen LogP contribution in [0.3, 0.4) is 0 Å². The number of ether oxygens (including phenoxy) is 1. The number of carbonyl (C=O) groups is 1. The minimum atomic E-state index is -0.300. The standard InChI is InChI=1S/C18H34I2O2Si/c1-2-17(21)22-15-13-11-9-7-5-3-4-6-8-10-12-14-16-23-18(19)20/h2,18H,1,3-16,23H2. The van der Waals surface area contributed by atoms with Crippen molar-refractivity contribution in [2.24, 2.45) is 0 Å². The van der Waals surface area contributed by atoms with Gasteiger partial charge in [0.25, 0.3) is 0 Å². The predicted octanol–water partition coefficient (Wildman–Crippen LogP) is 6.14. The number of unbranched alkanes of at least 4 members (excludes halogenated alkanes) is 11. The van der Waals surface area contributed by atoms with Gasteiger partial charge in [0.15, 0.2) is 0 Å². The van der Waals surface area contributed by atoms with Crippen LogP contribution in [0.5, 0.6) is 0 Å². The molecule has 0 unspecified atom stereocenters. The van der Waals surface area contributed by atoms with Crippen LogP contribution >= 0.6 is 45.2 Å². The first-order chi connectivity index (χ1) is 11.2. The van der Waals surface area contributed by atoms with Gasteiger partial charge in [-0.05, 0) is 6.42 Å². The zero-order chi connectivity index (χ0) is 17.2. The third kappa shape index (κ3) is 20.8. The largest absolute Gasteiger partial charge is 0.463 e. The molecule has 0 spiro atoms. The van der Waals surface area contributed by atoms with Gasteiger partial charge >= 0.3 is 5.97 Å². The summed E-state index contributed by atoms with van der Waals surface area (Å²) in [5.74, 6) is -0.300. The smallest absolute Gasteiger partial charge is 0.330 e. The monoisotopic (exact) mass is 564 g/mol. The third-order valence-electron chi connectivity index (χ3n) is 3.98. The lowest BCUT2D eigenvalue weighted by molar-refractivity contribution is -0.137. The summed E-state index contributed by atoms with van der Waals surface area (Å²) in [5, 5.41) is 0. The van der Waals surface area contributed by atoms with Crippen LogP contribution in [0.15, 0.2) is 12.7 Å². The van der Waals surface area contributed by atoms with Crippen molar-refractivity contribution in [1.82, 2.24) is 0 Å². The maximum Gasteiger partial charge on any atom is 0.330 e. The highest BCUT2D eigenvalue weighted by Gasteiger charge is 1.98. The zero-order valence-corrected chi connectivity index (χ0v) is 20.3. The van der Waals surface area contributed by atoms with Gasteiger partial charge in [0, 0.05) is 17.2 Å². The molecule has 0 radical (unpaired) electrons. The summed E-state index contributed by atoms with van der Waals surface area (Å²) in [6.07, 6.45) is 17.4. The summed E-state index contributed by atoms with van der Waals surface area (Å²) in [7, 11) is 0.223. The van der Waals surface area contributed by atoms with Crippen LogP contribution in [0, 0.1) is 0 Å². The first-order valence-corrected chi connectivity index (χ1v) is 13.5. The van der Waals surface area contributed by atoms with Crippen LogP contribution in [0.2, 0.25) is 6.04 Å². The molecule has 136 valence electrons. The van der Waals surface area contributed by atoms with E-state index in [-0.39, 0.29) is 15.5 Å². The van der Waals surface area contributed by atoms with Crippen molar-refractivity contribution in [2.45, 2.75) is 84.6 Å². The summed E-state index contributed by atoms with van der Waals surface area (Å²) < 4.78 is 5.91. The van der Waals surface area contributed by atoms with Crippen molar-refractivity contribution in [3.8, 4) is 0 Å². The van der Waals surface area contributed by atoms with Crippen molar-refractivity contribution in [1.29, 1.82) is 0 Å². The zero-order valence-electron chi connectivity index (χ0n) is 14.5. The summed E-state index contributed by atoms with van der Waals surface area (Å²) in [4.78, 5) is 10.8. The van der Waals surface area contributed by atoms with Gasteiger partial charge in [0.1, 0.15) is 0 Å². The van der Waals surface area contributed by atoms with E-state index in [1.54, 1.807) is 6.04 Å². The molecular weight excluding hydrogens is 530 g/mol. The molecule has 0 amide bonds. The van der Waals surface area contributed by atoms with E-state index in [0.29, 0.717) is 6.61 Å². The van der Waals surface area contributed by atoms with Crippen LogP contribution in [0.1, 0.15) is 77.0 Å². The fourth-order valence-corrected chi connectivity index (χ4v) is 6.17. The van der Waals surface area contributed by atoms with Gasteiger partial charge in [0.2, 0.25) is 0 Å². The number of hydrogen-bond donors (Lipinski definition) is 0. The lowest BCUT2D eigenvalue weighted by Crippen LogP contribution is -2.01. The average molecular weight is 564 g/mol. The normalized spacial score (nSPS) is 11.4. The van der Waals surface area contributed by atoms with Gasteiger partial charge in [-0.3, -0.25) is 0 Å². The molecule has 0 saturated carbocycles. The Morgan fingerprint density at radius 3 is 1.74 bits per heavy atom. The van der Waals surface area contributed by atoms with Gasteiger partial charge in [0.05, 0.1) is 6.61 Å². The number of carbonyl (C=O) groups excluding carboxylic acids is 1. The molecule has 0 saturated heterocycles. The number of hydrogen-bond acceptors (Lipinski definition) is 2. The van der Waals surface area contributed by atoms with Crippen molar-refractivity contribution >= 4 is 60.7 Å². The highest BCUT2D eigenvalue weighted by atomic mass is 127. The summed E-state index contributed by atoms with van der Waals surface area (Å²) in [6.45, 7) is 3.93. The average Bonchev–Trinajstić information content (AvgIpc) is 2.53. The third-order valence-corrected chi connectivity index (χ3v) is 9.06. The molecule has 0 N–H and O–H groups in total. The molecule has 0 atom stereocenters. The fourth-order valence-electron chi connectivity index (χ4n) is 2.58. The molecule has 0 aromatic carbocycles. The molecular formula is C18H34I2O2Si. The SMILES string of the molecule is C=CC(=O)OCCCCCCCCCCCCCC[SiH2]C(I)I. The molecule has 0 bridgehead atoms. The van der Waals surface area contributed by atoms with E-state index in [4.69, 9.17) is 4.74 Å². The van der Waals surface area contributed by atoms with E-state index in [1.807, 2.05) is 0 Å². The molecule has 0 aromatic heterocycles. The molecule has 23 heavy (non-hydrogen) atoms. The fraction of sp³-hybridized carbons (Fsp3) is 0.833. The topological polar surface area (TPSA) is 26.3 Å². The Hall–Kier alpha value is 0.887. The van der Waals surface area contributed by atoms with Gasteiger partial charge in [-0.2, -0.15) is 0 Å². The molecule has 0 fully saturated rings. The molecule has 5 heteroatoms. The molecule has 0 aromatic rings. The van der Waals surface area contributed by atoms with E-state index in [1.165, 1.54) is 76.7 Å². The summed E-state index contributed by atoms with van der Waals surface area (Å²) in [6, 6.07) is 1.54. The quantitative estimate of drug-likeness (QED) is 0.0531. The summed E-state index contributed by atoms with van der Waals surface area (Å²) in [5.41, 5.74) is 0. The molecule has 0 aliphatic heterocycles. The van der Waals surface area contributed by atoms with Crippen LogP contribution < -0.4 is 0 Å². The second-order valence-electron chi connectivity index (χ2n) is 6.15. The highest BCUT2D eigenvalue weighted by Crippen LogP contribution is 2.14. The molecule has 0 aliphatic carbocycles. The number of alkyl halides is 2. The minimum absolute atomic E-state index is 0.223. The van der Waals surface area contributed by atoms with E-state index in [2.05, 4.69) is 51.8 Å². The highest BCUT2D eigenvalue weighted by molar-refractivity contribution is 14.2. The van der Waals surface area contributed by atoms with Crippen LogP contribution in [-0.4, -0.2) is 23.7 Å². The first kappa shape index (κ1) is 23.9. The first-order valence-electron chi connectivity index (χ1n) is 9.24. The molecule has 0 aliphatic rings. The van der Waals surface area contributed by atoms with E-state index in [9.17, 15) is 4.79 Å². The second-order valence-corrected chi connectivity index (χ2v) is 17.0. The van der Waals surface area contributed by atoms with Crippen molar-refractivity contribution in [3.05, 3.63) is 12.7 Å². The Morgan fingerprint density at radius 2 is 1.30 bits per heavy atom. The predicted molar refractivity (Wildman–Crippen MR) is 122 cm³/mol. The maximum atomic E-state index is 10.8. The number of esters is 1. The van der Waals surface area contributed by atoms with Gasteiger partial charge in [-0.25, -0.2) is 4.79 Å². The Labute approximate surface area is 173 Å². The lowest BCUT2D eigenvalue weighted by Gasteiger charge is -2.04. The van der Waals surface area contributed by atoms with Crippen LogP contribution in [0.4, 0.5) is 0 Å². The van der Waals surface area contributed by atoms with Gasteiger partial charge in [-0.15, -0.1) is 0 Å². The van der Waals surface area contributed by atoms with E-state index in [0.717, 1.165) is 7.98 Å². The van der Waals surface area contributed by atoms with E-state index < -0.39 is 0 Å². The molecule has 2 nitrogen and oxygen atoms in total. The Bertz CT molecular complexity index is 286. The van der Waals surface area contributed by atoms with Crippen molar-refractivity contribution < 1.29 is 9.53 Å². The van der Waals surface area contributed by atoms with Crippen molar-refractivity contribution in [2.75, 3.05) is 6.61 Å². The van der Waals surface area contributed by atoms with Gasteiger partial charge < -0.3 is 4.74 Å². The summed E-state index contributed by atoms with van der Waals surface area (Å²) >= 11 is 5.14. The molecule has 0 rings (SSSR count). The second kappa shape index (κ2) is 19.2. The van der Waals surface area contributed by atoms with Gasteiger partial charge in [-0.1, -0.05) is 128 Å². The Morgan fingerprint density at radius 1 is 0.870 bits per heavy atom. The van der Waals surface area contributed by atoms with Crippen molar-refractivity contribution in [3.63, 3.8) is 0 Å². The number of rotatable bonds is 17.